The smallest absolute Gasteiger partial charge is 0.235 e. The van der Waals surface area contributed by atoms with Crippen molar-refractivity contribution in [1.29, 1.82) is 0 Å². The molecule has 1 aliphatic carbocycles. The fourth-order valence-electron chi connectivity index (χ4n) is 3.57. The van der Waals surface area contributed by atoms with Crippen molar-refractivity contribution >= 4 is 22.6 Å². The number of rotatable bonds is 3. The second-order valence-electron chi connectivity index (χ2n) is 6.49. The van der Waals surface area contributed by atoms with Gasteiger partial charge in [0.25, 0.3) is 0 Å². The lowest BCUT2D eigenvalue weighted by molar-refractivity contribution is -0.136. The second-order valence-corrected chi connectivity index (χ2v) is 8.11. The fraction of sp³-hybridized carbons (Fsp3) is 0.556. The average molecular weight is 348 g/mol. The normalized spacial score (nSPS) is 22.0. The van der Waals surface area contributed by atoms with Crippen LogP contribution in [0.4, 0.5) is 0 Å². The summed E-state index contributed by atoms with van der Waals surface area (Å²) in [5.74, 6) is 0.0723. The van der Waals surface area contributed by atoms with Crippen LogP contribution in [-0.2, 0) is 26.8 Å². The summed E-state index contributed by atoms with van der Waals surface area (Å²) in [6.07, 6.45) is 2.94. The zero-order valence-corrected chi connectivity index (χ0v) is 14.9. The van der Waals surface area contributed by atoms with E-state index in [1.165, 1.54) is 5.56 Å². The number of aryl methyl sites for hydroxylation is 1. The number of hydrogen-bond acceptors (Lipinski definition) is 3. The highest BCUT2D eigenvalue weighted by molar-refractivity contribution is 7.86. The fourth-order valence-corrected chi connectivity index (χ4v) is 5.14. The lowest BCUT2D eigenvalue weighted by Crippen LogP contribution is -2.51. The van der Waals surface area contributed by atoms with Crippen molar-refractivity contribution < 1.29 is 13.8 Å². The minimum Gasteiger partial charge on any atom is -0.339 e. The zero-order valence-electron chi connectivity index (χ0n) is 14.1. The van der Waals surface area contributed by atoms with Gasteiger partial charge in [0.15, 0.2) is 0 Å². The topological polar surface area (TPSA) is 57.7 Å². The van der Waals surface area contributed by atoms with Gasteiger partial charge < -0.3 is 9.80 Å². The molecule has 2 atom stereocenters. The highest BCUT2D eigenvalue weighted by Gasteiger charge is 2.29. The van der Waals surface area contributed by atoms with E-state index in [1.807, 2.05) is 18.2 Å². The van der Waals surface area contributed by atoms with Crippen LogP contribution >= 0.6 is 0 Å². The first-order chi connectivity index (χ1) is 11.6. The van der Waals surface area contributed by atoms with E-state index in [4.69, 9.17) is 0 Å². The van der Waals surface area contributed by atoms with Crippen LogP contribution in [0.15, 0.2) is 24.3 Å². The highest BCUT2D eigenvalue weighted by Crippen LogP contribution is 2.34. The van der Waals surface area contributed by atoms with Crippen molar-refractivity contribution in [2.45, 2.75) is 31.4 Å². The van der Waals surface area contributed by atoms with Crippen molar-refractivity contribution in [2.75, 3.05) is 31.9 Å². The molecule has 0 radical (unpaired) electrons. The van der Waals surface area contributed by atoms with Gasteiger partial charge in [0.1, 0.15) is 5.75 Å². The summed E-state index contributed by atoms with van der Waals surface area (Å²) in [6, 6.07) is 8.15. The minimum absolute atomic E-state index is 0.0302. The third-order valence-corrected chi connectivity index (χ3v) is 6.63. The first kappa shape index (κ1) is 17.1. The lowest BCUT2D eigenvalue weighted by Gasteiger charge is -2.34. The van der Waals surface area contributed by atoms with Crippen LogP contribution in [-0.4, -0.2) is 57.8 Å². The van der Waals surface area contributed by atoms with Crippen LogP contribution in [0, 0.1) is 0 Å². The summed E-state index contributed by atoms with van der Waals surface area (Å²) in [6.45, 7) is 3.76. The molecule has 1 heterocycles. The number of piperazine rings is 1. The molecule has 0 N–H and O–H groups in total. The molecule has 24 heavy (non-hydrogen) atoms. The predicted molar refractivity (Wildman–Crippen MR) is 94.0 cm³/mol. The second kappa shape index (κ2) is 7.47. The quantitative estimate of drug-likeness (QED) is 0.832. The van der Waals surface area contributed by atoms with E-state index < -0.39 is 10.8 Å². The molecule has 2 amide bonds. The van der Waals surface area contributed by atoms with Gasteiger partial charge in [0.05, 0.1) is 5.25 Å². The number of benzene rings is 1. The van der Waals surface area contributed by atoms with Crippen molar-refractivity contribution in [3.63, 3.8) is 0 Å². The summed E-state index contributed by atoms with van der Waals surface area (Å²) >= 11 is 0. The molecule has 0 aromatic heterocycles. The third-order valence-electron chi connectivity index (χ3n) is 4.98. The monoisotopic (exact) mass is 348 g/mol. The van der Waals surface area contributed by atoms with Gasteiger partial charge in [-0.25, -0.2) is 0 Å². The lowest BCUT2D eigenvalue weighted by atomic mass is 9.91. The predicted octanol–water partition coefficient (Wildman–Crippen LogP) is 1.50. The summed E-state index contributed by atoms with van der Waals surface area (Å²) in [5, 5.41) is -0.0302. The molecule has 5 nitrogen and oxygen atoms in total. The zero-order chi connectivity index (χ0) is 17.1. The van der Waals surface area contributed by atoms with Crippen molar-refractivity contribution in [3.8, 4) is 0 Å². The number of carbonyl (C=O) groups excluding carboxylic acids is 2. The molecule has 1 aliphatic heterocycles. The molecule has 130 valence electrons. The average Bonchev–Trinajstić information content (AvgIpc) is 2.61. The third kappa shape index (κ3) is 3.69. The number of hydrogen-bond donors (Lipinski definition) is 0. The first-order valence-corrected chi connectivity index (χ1v) is 9.92. The summed E-state index contributed by atoms with van der Waals surface area (Å²) in [7, 11) is -1.19. The Labute approximate surface area is 145 Å². The van der Waals surface area contributed by atoms with Crippen LogP contribution in [0.2, 0.25) is 0 Å². The molecule has 0 saturated carbocycles. The van der Waals surface area contributed by atoms with Gasteiger partial charge in [-0.2, -0.15) is 0 Å². The molecule has 1 saturated heterocycles. The molecule has 0 spiro atoms. The number of amides is 2. The Balaban J connectivity index is 1.60. The summed E-state index contributed by atoms with van der Waals surface area (Å²) < 4.78 is 12.8. The number of carbonyl (C=O) groups is 2. The molecule has 1 aromatic rings. The minimum atomic E-state index is -1.19. The van der Waals surface area contributed by atoms with E-state index in [1.54, 1.807) is 16.7 Å². The standard InChI is InChI=1S/C18H24N2O3S/c1-14(21)19-9-11-20(12-10-19)18(22)13-24(23)17-8-4-6-15-5-2-3-7-16(15)17/h2-3,5,7,17H,4,6,8-13H2,1H3. The molecule has 0 bridgehead atoms. The number of nitrogens with zero attached hydrogens (tertiary/aromatic N) is 2. The largest absolute Gasteiger partial charge is 0.339 e. The highest BCUT2D eigenvalue weighted by atomic mass is 32.2. The molecule has 2 aliphatic rings. The van der Waals surface area contributed by atoms with Gasteiger partial charge >= 0.3 is 0 Å². The molecule has 6 heteroatoms. The van der Waals surface area contributed by atoms with E-state index in [0.717, 1.165) is 24.8 Å². The van der Waals surface area contributed by atoms with Crippen molar-refractivity contribution in [3.05, 3.63) is 35.4 Å². The van der Waals surface area contributed by atoms with Crippen LogP contribution in [0.5, 0.6) is 0 Å². The van der Waals surface area contributed by atoms with E-state index in [9.17, 15) is 13.8 Å². The first-order valence-electron chi connectivity index (χ1n) is 8.54. The summed E-state index contributed by atoms with van der Waals surface area (Å²) in [5.41, 5.74) is 2.42. The Morgan fingerprint density at radius 2 is 1.79 bits per heavy atom. The number of fused-ring (bicyclic) bond motifs is 1. The van der Waals surface area contributed by atoms with Gasteiger partial charge in [0.2, 0.25) is 11.8 Å². The van der Waals surface area contributed by atoms with Crippen LogP contribution in [0.1, 0.15) is 36.1 Å². The van der Waals surface area contributed by atoms with E-state index in [0.29, 0.717) is 26.2 Å². The summed E-state index contributed by atoms with van der Waals surface area (Å²) in [4.78, 5) is 27.3. The molecule has 1 fully saturated rings. The Morgan fingerprint density at radius 1 is 1.12 bits per heavy atom. The Morgan fingerprint density at radius 3 is 2.50 bits per heavy atom. The maximum absolute atomic E-state index is 12.8. The Bertz CT molecular complexity index is 653. The van der Waals surface area contributed by atoms with Gasteiger partial charge in [-0.15, -0.1) is 0 Å². The molecular formula is C18H24N2O3S. The van der Waals surface area contributed by atoms with Crippen LogP contribution < -0.4 is 0 Å². The van der Waals surface area contributed by atoms with Crippen LogP contribution in [0.25, 0.3) is 0 Å². The maximum atomic E-state index is 12.8. The maximum Gasteiger partial charge on any atom is 0.235 e. The van der Waals surface area contributed by atoms with E-state index >= 15 is 0 Å². The SMILES string of the molecule is CC(=O)N1CCN(C(=O)CS(=O)C2CCCc3ccccc32)CC1. The molecular weight excluding hydrogens is 324 g/mol. The Hall–Kier alpha value is -1.69. The van der Waals surface area contributed by atoms with E-state index in [2.05, 4.69) is 6.07 Å². The van der Waals surface area contributed by atoms with Gasteiger partial charge in [-0.05, 0) is 30.4 Å². The van der Waals surface area contributed by atoms with Gasteiger partial charge in [-0.3, -0.25) is 13.8 Å². The van der Waals surface area contributed by atoms with Crippen LogP contribution in [0.3, 0.4) is 0 Å². The molecule has 2 unspecified atom stereocenters. The Kier molecular flexibility index (Phi) is 5.33. The van der Waals surface area contributed by atoms with Crippen molar-refractivity contribution in [1.82, 2.24) is 9.80 Å². The molecule has 3 rings (SSSR count). The van der Waals surface area contributed by atoms with E-state index in [-0.39, 0.29) is 22.8 Å². The van der Waals surface area contributed by atoms with Gasteiger partial charge in [0, 0.05) is 43.9 Å². The van der Waals surface area contributed by atoms with Gasteiger partial charge in [-0.1, -0.05) is 24.3 Å². The van der Waals surface area contributed by atoms with Crippen molar-refractivity contribution in [2.24, 2.45) is 0 Å². The molecule has 1 aromatic carbocycles.